The van der Waals surface area contributed by atoms with Gasteiger partial charge in [0.25, 0.3) is 0 Å². The van der Waals surface area contributed by atoms with Crippen LogP contribution in [0, 0.1) is 5.92 Å². The third-order valence-corrected chi connectivity index (χ3v) is 3.97. The molecule has 0 unspecified atom stereocenters. The molecule has 1 saturated heterocycles. The summed E-state index contributed by atoms with van der Waals surface area (Å²) in [6.07, 6.45) is 2.26. The van der Waals surface area contributed by atoms with Crippen LogP contribution in [0.2, 0.25) is 0 Å². The summed E-state index contributed by atoms with van der Waals surface area (Å²) < 4.78 is 0. The highest BCUT2D eigenvalue weighted by Gasteiger charge is 2.21. The van der Waals surface area contributed by atoms with Gasteiger partial charge in [0.1, 0.15) is 0 Å². The molecule has 2 heterocycles. The van der Waals surface area contributed by atoms with Crippen molar-refractivity contribution in [1.82, 2.24) is 10.6 Å². The highest BCUT2D eigenvalue weighted by Crippen LogP contribution is 2.23. The van der Waals surface area contributed by atoms with Crippen molar-refractivity contribution < 1.29 is 9.59 Å². The summed E-state index contributed by atoms with van der Waals surface area (Å²) in [7, 11) is 0. The zero-order valence-corrected chi connectivity index (χ0v) is 11.4. The molecular weight excluding hydrogens is 254 g/mol. The molecule has 2 aliphatic rings. The lowest BCUT2D eigenvalue weighted by molar-refractivity contribution is -0.125. The van der Waals surface area contributed by atoms with Crippen molar-refractivity contribution in [2.24, 2.45) is 5.92 Å². The number of carbonyl (C=O) groups is 2. The first-order chi connectivity index (χ1) is 9.72. The molecule has 106 valence electrons. The zero-order chi connectivity index (χ0) is 13.9. The number of anilines is 1. The molecule has 5 nitrogen and oxygen atoms in total. The van der Waals surface area contributed by atoms with Crippen LogP contribution in [0.15, 0.2) is 18.2 Å². The van der Waals surface area contributed by atoms with Crippen LogP contribution >= 0.6 is 0 Å². The molecule has 1 fully saturated rings. The summed E-state index contributed by atoms with van der Waals surface area (Å²) in [6.45, 7) is 2.37. The van der Waals surface area contributed by atoms with Gasteiger partial charge in [0.05, 0.1) is 6.42 Å². The second-order valence-corrected chi connectivity index (χ2v) is 5.46. The van der Waals surface area contributed by atoms with Gasteiger partial charge in [-0.05, 0) is 43.1 Å². The molecule has 0 bridgehead atoms. The number of hydrogen-bond donors (Lipinski definition) is 3. The fourth-order valence-corrected chi connectivity index (χ4v) is 2.81. The first-order valence-corrected chi connectivity index (χ1v) is 7.12. The lowest BCUT2D eigenvalue weighted by Crippen LogP contribution is -2.37. The van der Waals surface area contributed by atoms with Crippen LogP contribution < -0.4 is 16.0 Å². The molecule has 0 spiro atoms. The normalized spacial score (nSPS) is 18.5. The monoisotopic (exact) mass is 273 g/mol. The van der Waals surface area contributed by atoms with E-state index in [1.807, 2.05) is 18.2 Å². The second-order valence-electron chi connectivity index (χ2n) is 5.46. The van der Waals surface area contributed by atoms with Gasteiger partial charge in [-0.15, -0.1) is 0 Å². The summed E-state index contributed by atoms with van der Waals surface area (Å²) in [6, 6.07) is 5.86. The van der Waals surface area contributed by atoms with E-state index in [1.165, 1.54) is 0 Å². The van der Waals surface area contributed by atoms with E-state index in [1.54, 1.807) is 0 Å². The van der Waals surface area contributed by atoms with Crippen LogP contribution in [0.1, 0.15) is 24.0 Å². The Morgan fingerprint density at radius 3 is 2.90 bits per heavy atom. The Kier molecular flexibility index (Phi) is 3.69. The Bertz CT molecular complexity index is 536. The van der Waals surface area contributed by atoms with Crippen molar-refractivity contribution >= 4 is 17.5 Å². The van der Waals surface area contributed by atoms with Crippen molar-refractivity contribution in [1.29, 1.82) is 0 Å². The maximum Gasteiger partial charge on any atom is 0.228 e. The van der Waals surface area contributed by atoms with Crippen LogP contribution in [0.4, 0.5) is 5.69 Å². The number of rotatable bonds is 3. The second kappa shape index (κ2) is 5.63. The van der Waals surface area contributed by atoms with Gasteiger partial charge in [0.15, 0.2) is 0 Å². The quantitative estimate of drug-likeness (QED) is 0.763. The number of amides is 2. The molecule has 0 saturated carbocycles. The maximum atomic E-state index is 12.1. The number of carbonyl (C=O) groups excluding carboxylic acids is 2. The van der Waals surface area contributed by atoms with E-state index < -0.39 is 0 Å². The van der Waals surface area contributed by atoms with E-state index in [9.17, 15) is 9.59 Å². The Balaban J connectivity index is 1.57. The van der Waals surface area contributed by atoms with Crippen molar-refractivity contribution in [3.8, 4) is 0 Å². The van der Waals surface area contributed by atoms with Crippen LogP contribution in [0.5, 0.6) is 0 Å². The third kappa shape index (κ3) is 2.82. The van der Waals surface area contributed by atoms with Gasteiger partial charge in [-0.1, -0.05) is 12.1 Å². The number of fused-ring (bicyclic) bond motifs is 1. The topological polar surface area (TPSA) is 70.2 Å². The minimum absolute atomic E-state index is 0.0379. The average Bonchev–Trinajstić information content (AvgIpc) is 2.85. The molecule has 0 radical (unpaired) electrons. The Morgan fingerprint density at radius 2 is 2.10 bits per heavy atom. The van der Waals surface area contributed by atoms with Crippen LogP contribution in [-0.4, -0.2) is 24.9 Å². The molecule has 2 aliphatic heterocycles. The number of piperidine rings is 1. The largest absolute Gasteiger partial charge is 0.352 e. The van der Waals surface area contributed by atoms with Gasteiger partial charge in [0.2, 0.25) is 11.8 Å². The van der Waals surface area contributed by atoms with Crippen LogP contribution in [-0.2, 0) is 22.6 Å². The van der Waals surface area contributed by atoms with Gasteiger partial charge in [0, 0.05) is 18.2 Å². The van der Waals surface area contributed by atoms with Crippen molar-refractivity contribution in [3.63, 3.8) is 0 Å². The van der Waals surface area contributed by atoms with Gasteiger partial charge in [-0.3, -0.25) is 9.59 Å². The smallest absolute Gasteiger partial charge is 0.228 e. The Labute approximate surface area is 118 Å². The lowest BCUT2D eigenvalue weighted by Gasteiger charge is -2.21. The van der Waals surface area contributed by atoms with Crippen molar-refractivity contribution in [3.05, 3.63) is 29.3 Å². The average molecular weight is 273 g/mol. The summed E-state index contributed by atoms with van der Waals surface area (Å²) in [5.41, 5.74) is 2.95. The fraction of sp³-hybridized carbons (Fsp3) is 0.467. The molecule has 3 rings (SSSR count). The third-order valence-electron chi connectivity index (χ3n) is 3.97. The van der Waals surface area contributed by atoms with Crippen molar-refractivity contribution in [2.75, 3.05) is 18.4 Å². The molecule has 0 aliphatic carbocycles. The van der Waals surface area contributed by atoms with Gasteiger partial charge in [-0.2, -0.15) is 0 Å². The molecule has 3 N–H and O–H groups in total. The summed E-state index contributed by atoms with van der Waals surface area (Å²) in [5, 5.41) is 9.06. The first-order valence-electron chi connectivity index (χ1n) is 7.12. The number of nitrogens with one attached hydrogen (secondary N) is 3. The van der Waals surface area contributed by atoms with Gasteiger partial charge < -0.3 is 16.0 Å². The highest BCUT2D eigenvalue weighted by molar-refractivity contribution is 5.99. The van der Waals surface area contributed by atoms with E-state index in [0.717, 1.165) is 42.7 Å². The van der Waals surface area contributed by atoms with Crippen LogP contribution in [0.25, 0.3) is 0 Å². The predicted molar refractivity (Wildman–Crippen MR) is 76.2 cm³/mol. The van der Waals surface area contributed by atoms with Crippen molar-refractivity contribution in [2.45, 2.75) is 25.8 Å². The van der Waals surface area contributed by atoms with E-state index in [-0.39, 0.29) is 17.7 Å². The number of benzene rings is 1. The summed E-state index contributed by atoms with van der Waals surface area (Å²) in [4.78, 5) is 23.3. The maximum absolute atomic E-state index is 12.1. The first kappa shape index (κ1) is 13.1. The van der Waals surface area contributed by atoms with E-state index in [4.69, 9.17) is 0 Å². The van der Waals surface area contributed by atoms with Gasteiger partial charge >= 0.3 is 0 Å². The Hall–Kier alpha value is -1.88. The van der Waals surface area contributed by atoms with Gasteiger partial charge in [-0.25, -0.2) is 0 Å². The number of hydrogen-bond acceptors (Lipinski definition) is 3. The lowest BCUT2D eigenvalue weighted by atomic mass is 9.97. The SMILES string of the molecule is O=C1Cc2cc(CNC(=O)C3CCNCC3)ccc2N1. The predicted octanol–water partition coefficient (Wildman–Crippen LogP) is 0.797. The fourth-order valence-electron chi connectivity index (χ4n) is 2.81. The van der Waals surface area contributed by atoms with Crippen LogP contribution in [0.3, 0.4) is 0 Å². The molecule has 2 amide bonds. The standard InChI is InChI=1S/C15H19N3O2/c19-14-8-12-7-10(1-2-13(12)18-14)9-17-15(20)11-3-5-16-6-4-11/h1-2,7,11,16H,3-6,8-9H2,(H,17,20)(H,18,19). The molecule has 5 heteroatoms. The molecule has 20 heavy (non-hydrogen) atoms. The molecule has 0 aromatic heterocycles. The molecule has 1 aromatic carbocycles. The van der Waals surface area contributed by atoms with E-state index >= 15 is 0 Å². The molecule has 1 aromatic rings. The Morgan fingerprint density at radius 1 is 1.30 bits per heavy atom. The zero-order valence-electron chi connectivity index (χ0n) is 11.4. The highest BCUT2D eigenvalue weighted by atomic mass is 16.2. The van der Waals surface area contributed by atoms with E-state index in [2.05, 4.69) is 16.0 Å². The molecular formula is C15H19N3O2. The van der Waals surface area contributed by atoms with E-state index in [0.29, 0.717) is 13.0 Å². The summed E-state index contributed by atoms with van der Waals surface area (Å²) >= 11 is 0. The minimum atomic E-state index is 0.0379. The molecule has 0 atom stereocenters. The minimum Gasteiger partial charge on any atom is -0.352 e. The summed E-state index contributed by atoms with van der Waals surface area (Å²) in [5.74, 6) is 0.311.